The van der Waals surface area contributed by atoms with Gasteiger partial charge < -0.3 is 9.66 Å². The summed E-state index contributed by atoms with van der Waals surface area (Å²) in [4.78, 5) is 0. The van der Waals surface area contributed by atoms with Gasteiger partial charge in [0.1, 0.15) is 0 Å². The standard InChI is InChI=1S/C11H22O3S/c1-4-5-10(3)11(15(13)14)8-9(2)6-7-12/h4,9-12H,1,5-8H2,2-3H3,(H,13,14)/t9-,10-,11+/m1/s1. The van der Waals surface area contributed by atoms with Gasteiger partial charge in [0, 0.05) is 6.61 Å². The molecule has 2 N–H and O–H groups in total. The molecule has 90 valence electrons. The molecule has 0 aliphatic carbocycles. The third kappa shape index (κ3) is 6.07. The number of allylic oxidation sites excluding steroid dienone is 1. The lowest BCUT2D eigenvalue weighted by Crippen LogP contribution is -2.25. The topological polar surface area (TPSA) is 57.5 Å². The molecule has 0 aromatic carbocycles. The average Bonchev–Trinajstić information content (AvgIpc) is 2.14. The van der Waals surface area contributed by atoms with E-state index >= 15 is 0 Å². The maximum absolute atomic E-state index is 11.2. The van der Waals surface area contributed by atoms with Gasteiger partial charge >= 0.3 is 0 Å². The molecule has 0 aliphatic rings. The maximum Gasteiger partial charge on any atom is 0.156 e. The lowest BCUT2D eigenvalue weighted by molar-refractivity contribution is 0.253. The first-order valence-corrected chi connectivity index (χ1v) is 6.51. The second-order valence-corrected chi connectivity index (χ2v) is 5.33. The molecule has 15 heavy (non-hydrogen) atoms. The van der Waals surface area contributed by atoms with Gasteiger partial charge in [0.25, 0.3) is 0 Å². The SMILES string of the molecule is C=CC[C@@H](C)[C@H](C[C@H](C)CCO)S(=O)O. The molecular weight excluding hydrogens is 212 g/mol. The molecule has 0 aromatic rings. The van der Waals surface area contributed by atoms with E-state index in [9.17, 15) is 8.76 Å². The number of hydrogen-bond acceptors (Lipinski definition) is 2. The summed E-state index contributed by atoms with van der Waals surface area (Å²) in [6.07, 6.45) is 3.90. The first kappa shape index (κ1) is 14.8. The molecular formula is C11H22O3S. The van der Waals surface area contributed by atoms with Crippen molar-refractivity contribution >= 4 is 11.1 Å². The zero-order chi connectivity index (χ0) is 11.8. The number of hydrogen-bond donors (Lipinski definition) is 2. The lowest BCUT2D eigenvalue weighted by atomic mass is 9.93. The molecule has 4 atom stereocenters. The second kappa shape index (κ2) is 8.02. The molecule has 0 bridgehead atoms. The van der Waals surface area contributed by atoms with Gasteiger partial charge in [-0.3, -0.25) is 0 Å². The molecule has 0 saturated carbocycles. The number of aliphatic hydroxyl groups is 1. The van der Waals surface area contributed by atoms with Crippen LogP contribution in [0.5, 0.6) is 0 Å². The van der Waals surface area contributed by atoms with Gasteiger partial charge in [0.05, 0.1) is 5.25 Å². The van der Waals surface area contributed by atoms with Crippen LogP contribution in [0.15, 0.2) is 12.7 Å². The van der Waals surface area contributed by atoms with Crippen LogP contribution in [-0.4, -0.2) is 25.7 Å². The van der Waals surface area contributed by atoms with Crippen LogP contribution >= 0.6 is 0 Å². The minimum atomic E-state index is -1.79. The molecule has 0 heterocycles. The Morgan fingerprint density at radius 2 is 2.07 bits per heavy atom. The van der Waals surface area contributed by atoms with Gasteiger partial charge in [0.2, 0.25) is 0 Å². The summed E-state index contributed by atoms with van der Waals surface area (Å²) in [5.74, 6) is 0.442. The van der Waals surface area contributed by atoms with Crippen molar-refractivity contribution in [3.05, 3.63) is 12.7 Å². The quantitative estimate of drug-likeness (QED) is 0.500. The Kier molecular flexibility index (Phi) is 7.92. The highest BCUT2D eigenvalue weighted by atomic mass is 32.2. The fourth-order valence-electron chi connectivity index (χ4n) is 1.66. The van der Waals surface area contributed by atoms with Crippen molar-refractivity contribution in [2.75, 3.05) is 6.61 Å². The summed E-state index contributed by atoms with van der Waals surface area (Å²) < 4.78 is 20.4. The van der Waals surface area contributed by atoms with E-state index in [0.29, 0.717) is 12.8 Å². The maximum atomic E-state index is 11.2. The fourth-order valence-corrected chi connectivity index (χ4v) is 2.66. The van der Waals surface area contributed by atoms with Crippen molar-refractivity contribution in [1.82, 2.24) is 0 Å². The first-order chi connectivity index (χ1) is 7.02. The Morgan fingerprint density at radius 3 is 2.47 bits per heavy atom. The molecule has 0 spiro atoms. The predicted octanol–water partition coefficient (Wildman–Crippen LogP) is 2.20. The molecule has 4 heteroatoms. The first-order valence-electron chi connectivity index (χ1n) is 5.34. The van der Waals surface area contributed by atoms with Crippen LogP contribution in [0.3, 0.4) is 0 Å². The predicted molar refractivity (Wildman–Crippen MR) is 64.0 cm³/mol. The normalized spacial score (nSPS) is 19.2. The average molecular weight is 234 g/mol. The van der Waals surface area contributed by atoms with Crippen LogP contribution in [0.25, 0.3) is 0 Å². The molecule has 1 unspecified atom stereocenters. The van der Waals surface area contributed by atoms with Gasteiger partial charge in [-0.1, -0.05) is 19.9 Å². The van der Waals surface area contributed by atoms with Crippen LogP contribution in [0.1, 0.15) is 33.1 Å². The van der Waals surface area contributed by atoms with Gasteiger partial charge in [-0.2, -0.15) is 0 Å². The zero-order valence-corrected chi connectivity index (χ0v) is 10.4. The molecule has 0 aliphatic heterocycles. The van der Waals surface area contributed by atoms with Crippen LogP contribution in [0.4, 0.5) is 0 Å². The molecule has 0 fully saturated rings. The summed E-state index contributed by atoms with van der Waals surface area (Å²) >= 11 is -1.79. The van der Waals surface area contributed by atoms with E-state index in [1.165, 1.54) is 0 Å². The highest BCUT2D eigenvalue weighted by Gasteiger charge is 2.23. The summed E-state index contributed by atoms with van der Waals surface area (Å²) in [6.45, 7) is 7.74. The van der Waals surface area contributed by atoms with E-state index in [1.807, 2.05) is 13.8 Å². The Morgan fingerprint density at radius 1 is 1.47 bits per heavy atom. The molecule has 0 saturated heterocycles. The van der Waals surface area contributed by atoms with Crippen molar-refractivity contribution in [2.24, 2.45) is 11.8 Å². The Hall–Kier alpha value is -0.190. The highest BCUT2D eigenvalue weighted by Crippen LogP contribution is 2.22. The molecule has 0 amide bonds. The molecule has 3 nitrogen and oxygen atoms in total. The van der Waals surface area contributed by atoms with E-state index in [4.69, 9.17) is 5.11 Å². The Labute approximate surface area is 94.9 Å². The van der Waals surface area contributed by atoms with Gasteiger partial charge in [-0.15, -0.1) is 6.58 Å². The second-order valence-electron chi connectivity index (χ2n) is 4.17. The molecule has 0 radical (unpaired) electrons. The van der Waals surface area contributed by atoms with Gasteiger partial charge in [-0.05, 0) is 31.1 Å². The monoisotopic (exact) mass is 234 g/mol. The third-order valence-corrected chi connectivity index (χ3v) is 3.86. The lowest BCUT2D eigenvalue weighted by Gasteiger charge is -2.22. The van der Waals surface area contributed by atoms with Crippen molar-refractivity contribution in [3.8, 4) is 0 Å². The van der Waals surface area contributed by atoms with Gasteiger partial charge in [-0.25, -0.2) is 4.21 Å². The minimum Gasteiger partial charge on any atom is -0.396 e. The van der Waals surface area contributed by atoms with Crippen LogP contribution < -0.4 is 0 Å². The Balaban J connectivity index is 4.26. The van der Waals surface area contributed by atoms with Crippen LogP contribution in [0.2, 0.25) is 0 Å². The summed E-state index contributed by atoms with van der Waals surface area (Å²) in [7, 11) is 0. The van der Waals surface area contributed by atoms with Crippen molar-refractivity contribution in [1.29, 1.82) is 0 Å². The van der Waals surface area contributed by atoms with E-state index < -0.39 is 11.1 Å². The summed E-state index contributed by atoms with van der Waals surface area (Å²) in [5, 5.41) is 8.56. The molecule has 0 rings (SSSR count). The van der Waals surface area contributed by atoms with E-state index in [-0.39, 0.29) is 23.7 Å². The van der Waals surface area contributed by atoms with Crippen molar-refractivity contribution in [3.63, 3.8) is 0 Å². The number of rotatable bonds is 8. The van der Waals surface area contributed by atoms with Crippen LogP contribution in [0, 0.1) is 11.8 Å². The van der Waals surface area contributed by atoms with Crippen molar-refractivity contribution < 1.29 is 13.9 Å². The van der Waals surface area contributed by atoms with E-state index in [1.54, 1.807) is 6.08 Å². The summed E-state index contributed by atoms with van der Waals surface area (Å²) in [6, 6.07) is 0. The van der Waals surface area contributed by atoms with E-state index in [0.717, 1.165) is 6.42 Å². The minimum absolute atomic E-state index is 0.141. The number of aliphatic hydroxyl groups excluding tert-OH is 1. The third-order valence-electron chi connectivity index (χ3n) is 2.69. The largest absolute Gasteiger partial charge is 0.396 e. The summed E-state index contributed by atoms with van der Waals surface area (Å²) in [5.41, 5.74) is 0. The smallest absolute Gasteiger partial charge is 0.156 e. The molecule has 0 aromatic heterocycles. The van der Waals surface area contributed by atoms with E-state index in [2.05, 4.69) is 6.58 Å². The fraction of sp³-hybridized carbons (Fsp3) is 0.818. The van der Waals surface area contributed by atoms with Crippen LogP contribution in [-0.2, 0) is 11.1 Å². The van der Waals surface area contributed by atoms with Crippen molar-refractivity contribution in [2.45, 2.75) is 38.4 Å². The van der Waals surface area contributed by atoms with Gasteiger partial charge in [0.15, 0.2) is 11.1 Å². The highest BCUT2D eigenvalue weighted by molar-refractivity contribution is 7.79. The zero-order valence-electron chi connectivity index (χ0n) is 9.56. The Bertz CT molecular complexity index is 206.